The fourth-order valence-electron chi connectivity index (χ4n) is 3.40. The summed E-state index contributed by atoms with van der Waals surface area (Å²) in [7, 11) is -3.73. The van der Waals surface area contributed by atoms with E-state index in [1.807, 2.05) is 0 Å². The van der Waals surface area contributed by atoms with Crippen molar-refractivity contribution in [3.8, 4) is 0 Å². The first kappa shape index (κ1) is 16.2. The number of hydrogen-bond acceptors (Lipinski definition) is 3. The number of rotatable bonds is 4. The SMILES string of the molecule is O=C(NCCS(=O)(=O)c1ccccc1F)N1CCC2(CCC2)C1. The van der Waals surface area contributed by atoms with E-state index in [2.05, 4.69) is 5.32 Å². The van der Waals surface area contributed by atoms with E-state index in [4.69, 9.17) is 0 Å². The smallest absolute Gasteiger partial charge is 0.317 e. The predicted molar refractivity (Wildman–Crippen MR) is 84.3 cm³/mol. The number of halogens is 1. The van der Waals surface area contributed by atoms with Crippen molar-refractivity contribution in [2.45, 2.75) is 30.6 Å². The van der Waals surface area contributed by atoms with Crippen molar-refractivity contribution >= 4 is 15.9 Å². The van der Waals surface area contributed by atoms with Crippen LogP contribution in [0.25, 0.3) is 0 Å². The third kappa shape index (κ3) is 3.34. The monoisotopic (exact) mass is 340 g/mol. The summed E-state index contributed by atoms with van der Waals surface area (Å²) in [6.45, 7) is 1.48. The van der Waals surface area contributed by atoms with E-state index in [0.29, 0.717) is 5.41 Å². The zero-order valence-electron chi connectivity index (χ0n) is 12.9. The number of carbonyl (C=O) groups excluding carboxylic acids is 1. The molecule has 0 unspecified atom stereocenters. The molecule has 1 saturated heterocycles. The molecule has 1 spiro atoms. The molecule has 7 heteroatoms. The normalized spacial score (nSPS) is 19.6. The molecule has 2 fully saturated rings. The first-order chi connectivity index (χ1) is 10.9. The summed E-state index contributed by atoms with van der Waals surface area (Å²) in [5.74, 6) is -1.07. The third-order valence-electron chi connectivity index (χ3n) is 4.96. The Labute approximate surface area is 135 Å². The van der Waals surface area contributed by atoms with Gasteiger partial charge >= 0.3 is 6.03 Å². The van der Waals surface area contributed by atoms with Gasteiger partial charge in [-0.15, -0.1) is 0 Å². The third-order valence-corrected chi connectivity index (χ3v) is 6.70. The second-order valence-corrected chi connectivity index (χ2v) is 8.58. The van der Waals surface area contributed by atoms with Gasteiger partial charge in [-0.3, -0.25) is 0 Å². The summed E-state index contributed by atoms with van der Waals surface area (Å²) >= 11 is 0. The molecule has 3 rings (SSSR count). The minimum absolute atomic E-state index is 0.0149. The van der Waals surface area contributed by atoms with E-state index in [9.17, 15) is 17.6 Å². The first-order valence-electron chi connectivity index (χ1n) is 7.92. The Hall–Kier alpha value is -1.63. The molecular weight excluding hydrogens is 319 g/mol. The molecule has 1 aromatic carbocycles. The highest BCUT2D eigenvalue weighted by Gasteiger charge is 2.44. The summed E-state index contributed by atoms with van der Waals surface area (Å²) in [5.41, 5.74) is 0.316. The van der Waals surface area contributed by atoms with Crippen LogP contribution in [0.3, 0.4) is 0 Å². The van der Waals surface area contributed by atoms with Crippen LogP contribution in [-0.2, 0) is 9.84 Å². The molecule has 0 bridgehead atoms. The summed E-state index contributed by atoms with van der Waals surface area (Å²) in [6, 6.07) is 5.06. The molecule has 1 heterocycles. The lowest BCUT2D eigenvalue weighted by Crippen LogP contribution is -2.42. The molecule has 1 aromatic rings. The van der Waals surface area contributed by atoms with Crippen molar-refractivity contribution in [2.24, 2.45) is 5.41 Å². The Morgan fingerprint density at radius 3 is 2.61 bits per heavy atom. The van der Waals surface area contributed by atoms with Crippen LogP contribution in [-0.4, -0.2) is 44.7 Å². The molecule has 23 heavy (non-hydrogen) atoms. The highest BCUT2D eigenvalue weighted by Crippen LogP contribution is 2.47. The number of nitrogens with zero attached hydrogens (tertiary/aromatic N) is 1. The lowest BCUT2D eigenvalue weighted by atomic mass is 9.68. The Morgan fingerprint density at radius 2 is 2.00 bits per heavy atom. The second-order valence-electron chi connectivity index (χ2n) is 6.51. The quantitative estimate of drug-likeness (QED) is 0.914. The van der Waals surface area contributed by atoms with E-state index < -0.39 is 15.7 Å². The van der Waals surface area contributed by atoms with Crippen LogP contribution >= 0.6 is 0 Å². The molecule has 1 aliphatic carbocycles. The van der Waals surface area contributed by atoms with Crippen LogP contribution in [0, 0.1) is 11.2 Å². The van der Waals surface area contributed by atoms with Gasteiger partial charge in [-0.1, -0.05) is 18.6 Å². The van der Waals surface area contributed by atoms with E-state index in [-0.39, 0.29) is 23.2 Å². The number of carbonyl (C=O) groups is 1. The maximum absolute atomic E-state index is 13.6. The minimum atomic E-state index is -3.73. The zero-order valence-corrected chi connectivity index (χ0v) is 13.7. The van der Waals surface area contributed by atoms with Crippen LogP contribution in [0.5, 0.6) is 0 Å². The van der Waals surface area contributed by atoms with E-state index in [1.165, 1.54) is 37.5 Å². The van der Waals surface area contributed by atoms with Gasteiger partial charge in [0.25, 0.3) is 0 Å². The Balaban J connectivity index is 1.51. The molecule has 1 N–H and O–H groups in total. The van der Waals surface area contributed by atoms with Crippen molar-refractivity contribution in [2.75, 3.05) is 25.4 Å². The largest absolute Gasteiger partial charge is 0.337 e. The molecule has 1 saturated carbocycles. The molecule has 1 aliphatic heterocycles. The van der Waals surface area contributed by atoms with Gasteiger partial charge in [0, 0.05) is 19.6 Å². The van der Waals surface area contributed by atoms with Crippen LogP contribution < -0.4 is 5.32 Å². The average Bonchev–Trinajstić information content (AvgIpc) is 2.93. The number of urea groups is 1. The molecular formula is C16H21FN2O3S. The number of nitrogens with one attached hydrogen (secondary N) is 1. The van der Waals surface area contributed by atoms with Gasteiger partial charge in [0.2, 0.25) is 0 Å². The molecule has 126 valence electrons. The zero-order chi connectivity index (χ0) is 16.5. The number of amides is 2. The van der Waals surface area contributed by atoms with Gasteiger partial charge in [0.1, 0.15) is 10.7 Å². The van der Waals surface area contributed by atoms with Crippen LogP contribution in [0.2, 0.25) is 0 Å². The molecule has 5 nitrogen and oxygen atoms in total. The highest BCUT2D eigenvalue weighted by molar-refractivity contribution is 7.91. The van der Waals surface area contributed by atoms with Gasteiger partial charge in [-0.25, -0.2) is 17.6 Å². The Bertz CT molecular complexity index is 701. The minimum Gasteiger partial charge on any atom is -0.337 e. The van der Waals surface area contributed by atoms with Crippen molar-refractivity contribution in [3.05, 3.63) is 30.1 Å². The topological polar surface area (TPSA) is 66.5 Å². The number of hydrogen-bond donors (Lipinski definition) is 1. The van der Waals surface area contributed by atoms with Crippen molar-refractivity contribution in [1.29, 1.82) is 0 Å². The maximum atomic E-state index is 13.6. The van der Waals surface area contributed by atoms with E-state index in [0.717, 1.165) is 25.6 Å². The standard InChI is InChI=1S/C16H21FN2O3S/c17-13-4-1-2-5-14(13)23(21,22)11-9-18-15(20)19-10-8-16(12-19)6-3-7-16/h1-2,4-5H,3,6-12H2,(H,18,20). The molecule has 2 aliphatic rings. The lowest BCUT2D eigenvalue weighted by molar-refractivity contribution is 0.141. The number of sulfone groups is 1. The van der Waals surface area contributed by atoms with Gasteiger partial charge in [0.05, 0.1) is 5.75 Å². The lowest BCUT2D eigenvalue weighted by Gasteiger charge is -2.37. The van der Waals surface area contributed by atoms with Gasteiger partial charge in [-0.2, -0.15) is 0 Å². The summed E-state index contributed by atoms with van der Waals surface area (Å²) < 4.78 is 37.8. The van der Waals surface area contributed by atoms with Crippen molar-refractivity contribution < 1.29 is 17.6 Å². The molecule has 2 amide bonds. The van der Waals surface area contributed by atoms with Gasteiger partial charge in [0.15, 0.2) is 9.84 Å². The van der Waals surface area contributed by atoms with Gasteiger partial charge < -0.3 is 10.2 Å². The molecule has 0 radical (unpaired) electrons. The van der Waals surface area contributed by atoms with Crippen LogP contribution in [0.4, 0.5) is 9.18 Å². The van der Waals surface area contributed by atoms with Gasteiger partial charge in [-0.05, 0) is 36.8 Å². The molecule has 0 atom stereocenters. The van der Waals surface area contributed by atoms with Crippen molar-refractivity contribution in [3.63, 3.8) is 0 Å². The fourth-order valence-corrected chi connectivity index (χ4v) is 4.65. The average molecular weight is 340 g/mol. The van der Waals surface area contributed by atoms with E-state index >= 15 is 0 Å². The number of benzene rings is 1. The van der Waals surface area contributed by atoms with Crippen LogP contribution in [0.15, 0.2) is 29.2 Å². The predicted octanol–water partition coefficient (Wildman–Crippen LogP) is 2.19. The van der Waals surface area contributed by atoms with E-state index in [1.54, 1.807) is 4.90 Å². The summed E-state index contributed by atoms with van der Waals surface area (Å²) in [4.78, 5) is 13.6. The summed E-state index contributed by atoms with van der Waals surface area (Å²) in [5, 5.41) is 2.64. The first-order valence-corrected chi connectivity index (χ1v) is 9.57. The van der Waals surface area contributed by atoms with Crippen molar-refractivity contribution in [1.82, 2.24) is 10.2 Å². The summed E-state index contributed by atoms with van der Waals surface area (Å²) in [6.07, 6.45) is 4.63. The second kappa shape index (κ2) is 6.11. The number of likely N-dealkylation sites (tertiary alicyclic amines) is 1. The fraction of sp³-hybridized carbons (Fsp3) is 0.562. The van der Waals surface area contributed by atoms with Crippen LogP contribution in [0.1, 0.15) is 25.7 Å². The molecule has 0 aromatic heterocycles. The Morgan fingerprint density at radius 1 is 1.26 bits per heavy atom. The maximum Gasteiger partial charge on any atom is 0.317 e. The highest BCUT2D eigenvalue weighted by atomic mass is 32.2. The Kier molecular flexibility index (Phi) is 4.31.